The molecule has 0 spiro atoms. The molecule has 0 rings (SSSR count). The quantitative estimate of drug-likeness (QED) is 0.378. The van der Waals surface area contributed by atoms with E-state index in [2.05, 4.69) is 0 Å². The van der Waals surface area contributed by atoms with Crippen LogP contribution in [-0.4, -0.2) is 25.9 Å². The Kier molecular flexibility index (Phi) is 338. The van der Waals surface area contributed by atoms with Gasteiger partial charge in [0.15, 0.2) is 0 Å². The Hall–Kier alpha value is -1.43. The molecule has 13 heavy (non-hydrogen) atoms. The van der Waals surface area contributed by atoms with Crippen LogP contribution in [0.1, 0.15) is 0 Å². The summed E-state index contributed by atoms with van der Waals surface area (Å²) < 4.78 is 0. The number of carbonyl (C=O) groups is 4. The van der Waals surface area contributed by atoms with Gasteiger partial charge in [-0.15, -0.1) is 0 Å². The smallest absolute Gasteiger partial charge is 0.554 e. The Balaban J connectivity index is -0.0000000213. The van der Waals surface area contributed by atoms with Crippen molar-refractivity contribution in [3.8, 4) is 0 Å². The zero-order valence-corrected chi connectivity index (χ0v) is 8.16. The number of carbonyl (C=O) groups excluding carboxylic acids is 4. The van der Waals surface area contributed by atoms with Crippen molar-refractivity contribution in [3.63, 3.8) is 0 Å². The number of carboxylic acid groups (broad SMARTS) is 4. The third kappa shape index (κ3) is 379. The molecule has 0 amide bonds. The third-order valence-electron chi connectivity index (χ3n) is 0. The first-order valence-electron chi connectivity index (χ1n) is 1.89. The van der Waals surface area contributed by atoms with Gasteiger partial charge >= 0.3 is 21.1 Å². The van der Waals surface area contributed by atoms with Crippen LogP contribution >= 0.6 is 0 Å². The van der Waals surface area contributed by atoms with Gasteiger partial charge in [-0.05, 0) is 0 Å². The molecule has 0 aliphatic rings. The summed E-state index contributed by atoms with van der Waals surface area (Å²) in [6.45, 7) is -2.00. The molecule has 0 saturated carbocycles. The molecule has 9 heteroatoms. The largest absolute Gasteiger partial charge is 4.00 e. The molecule has 0 N–H and O–H groups in total. The monoisotopic (exact) mass is 375 g/mol. The van der Waals surface area contributed by atoms with E-state index in [1.807, 2.05) is 0 Å². The van der Waals surface area contributed by atoms with Crippen LogP contribution in [0.15, 0.2) is 0 Å². The Morgan fingerprint density at radius 3 is 0.538 bits per heavy atom. The van der Waals surface area contributed by atoms with Gasteiger partial charge in [-0.25, -0.2) is 0 Å². The van der Waals surface area contributed by atoms with Crippen LogP contribution in [0.25, 0.3) is 0 Å². The summed E-state index contributed by atoms with van der Waals surface area (Å²) in [6.07, 6.45) is 0. The molecular weight excluding hydrogens is 371 g/mol. The maximum absolute atomic E-state index is 8.25. The normalized spacial score (nSPS) is 3.69. The molecule has 0 heterocycles. The van der Waals surface area contributed by atoms with Gasteiger partial charge in [-0.2, -0.15) is 0 Å². The van der Waals surface area contributed by atoms with Crippen LogP contribution in [0.2, 0.25) is 0 Å². The van der Waals surface area contributed by atoms with E-state index in [0.29, 0.717) is 0 Å². The van der Waals surface area contributed by atoms with E-state index in [1.165, 1.54) is 0 Å². The van der Waals surface area contributed by atoms with Crippen molar-refractivity contribution in [1.82, 2.24) is 0 Å². The van der Waals surface area contributed by atoms with Crippen molar-refractivity contribution >= 4 is 25.9 Å². The van der Waals surface area contributed by atoms with Gasteiger partial charge in [0.05, 0.1) is 0 Å². The van der Waals surface area contributed by atoms with Crippen LogP contribution in [0.4, 0.5) is 0 Å². The molecule has 8 nitrogen and oxygen atoms in total. The van der Waals surface area contributed by atoms with Gasteiger partial charge in [0.1, 0.15) is 0 Å². The molecule has 0 unspecified atom stereocenters. The summed E-state index contributed by atoms with van der Waals surface area (Å²) in [7, 11) is 0. The molecule has 0 bridgehead atoms. The zero-order valence-electron chi connectivity index (χ0n) is 5.89. The van der Waals surface area contributed by atoms with E-state index in [0.717, 1.165) is 0 Å². The van der Waals surface area contributed by atoms with Crippen molar-refractivity contribution in [2.45, 2.75) is 0 Å². The molecule has 0 saturated heterocycles. The molecule has 0 aromatic rings. The average Bonchev–Trinajstić information content (AvgIpc) is 1.92. The van der Waals surface area contributed by atoms with Crippen LogP contribution in [-0.2, 0) is 40.2 Å². The van der Waals surface area contributed by atoms with Gasteiger partial charge in [-0.1, -0.05) is 0 Å². The van der Waals surface area contributed by atoms with Gasteiger partial charge in [-0.3, -0.25) is 0 Å². The second-order valence-electron chi connectivity index (χ2n) is 0.385. The Labute approximate surface area is 87.1 Å². The zero-order chi connectivity index (χ0) is 10.8. The van der Waals surface area contributed by atoms with Crippen molar-refractivity contribution in [2.24, 2.45) is 0 Å². The Morgan fingerprint density at radius 2 is 0.538 bits per heavy atom. The van der Waals surface area contributed by atoms with E-state index in [1.54, 1.807) is 0 Å². The maximum Gasteiger partial charge on any atom is 4.00 e. The van der Waals surface area contributed by atoms with Gasteiger partial charge in [0, 0.05) is 25.9 Å². The SMILES string of the molecule is O=C[O-].O=C[O-].O=C[O-].O=C[O-].[Pt+4]. The molecule has 0 aromatic carbocycles. The Morgan fingerprint density at radius 1 is 0.538 bits per heavy atom. The predicted molar refractivity (Wildman–Crippen MR) is 24.3 cm³/mol. The number of hydrogen-bond donors (Lipinski definition) is 0. The van der Waals surface area contributed by atoms with E-state index >= 15 is 0 Å². The number of rotatable bonds is 0. The first-order chi connectivity index (χ1) is 5.66. The van der Waals surface area contributed by atoms with Crippen LogP contribution in [0.5, 0.6) is 0 Å². The van der Waals surface area contributed by atoms with E-state index < -0.39 is 25.9 Å². The summed E-state index contributed by atoms with van der Waals surface area (Å²) in [4.78, 5) is 33.0. The minimum atomic E-state index is -0.500. The van der Waals surface area contributed by atoms with Crippen molar-refractivity contribution in [2.75, 3.05) is 0 Å². The van der Waals surface area contributed by atoms with Crippen LogP contribution < -0.4 is 20.4 Å². The van der Waals surface area contributed by atoms with Crippen molar-refractivity contribution < 1.29 is 60.7 Å². The standard InChI is InChI=1S/4CH2O2.Pt/c4*2-1-3;/h4*1H,(H,2,3);/q;;;;+4/p-4. The first-order valence-corrected chi connectivity index (χ1v) is 1.89. The summed E-state index contributed by atoms with van der Waals surface area (Å²) in [6, 6.07) is 0. The topological polar surface area (TPSA) is 161 Å². The molecular formula is C4H4O8Pt. The van der Waals surface area contributed by atoms with Crippen LogP contribution in [0, 0.1) is 0 Å². The third-order valence-corrected chi connectivity index (χ3v) is 0. The minimum absolute atomic E-state index is 0. The molecule has 0 radical (unpaired) electrons. The van der Waals surface area contributed by atoms with Gasteiger partial charge in [0.2, 0.25) is 0 Å². The summed E-state index contributed by atoms with van der Waals surface area (Å²) >= 11 is 0. The second kappa shape index (κ2) is 147. The van der Waals surface area contributed by atoms with E-state index in [-0.39, 0.29) is 21.1 Å². The van der Waals surface area contributed by atoms with E-state index in [9.17, 15) is 0 Å². The van der Waals surface area contributed by atoms with Crippen LogP contribution in [0.3, 0.4) is 0 Å². The summed E-state index contributed by atoms with van der Waals surface area (Å²) in [5.41, 5.74) is 0. The molecule has 0 aliphatic carbocycles. The van der Waals surface area contributed by atoms with Crippen molar-refractivity contribution in [1.29, 1.82) is 0 Å². The summed E-state index contributed by atoms with van der Waals surface area (Å²) in [5.74, 6) is 0. The second-order valence-corrected chi connectivity index (χ2v) is 0.385. The fraction of sp³-hybridized carbons (Fsp3) is 0. The minimum Gasteiger partial charge on any atom is -0.554 e. The Bertz CT molecular complexity index is 70.1. The fourth-order valence-electron chi connectivity index (χ4n) is 0. The predicted octanol–water partition coefficient (Wildman–Crippen LogP) is -6.54. The van der Waals surface area contributed by atoms with E-state index in [4.69, 9.17) is 39.6 Å². The van der Waals surface area contributed by atoms with Crippen molar-refractivity contribution in [3.05, 3.63) is 0 Å². The molecule has 0 aromatic heterocycles. The molecule has 0 aliphatic heterocycles. The average molecular weight is 375 g/mol. The molecule has 0 fully saturated rings. The number of hydrogen-bond acceptors (Lipinski definition) is 8. The maximum atomic E-state index is 8.25. The molecule has 78 valence electrons. The first kappa shape index (κ1) is 29.9. The fourth-order valence-corrected chi connectivity index (χ4v) is 0. The summed E-state index contributed by atoms with van der Waals surface area (Å²) in [5, 5.41) is 33.0. The van der Waals surface area contributed by atoms with Gasteiger partial charge in [0.25, 0.3) is 0 Å². The molecule has 0 atom stereocenters. The van der Waals surface area contributed by atoms with Gasteiger partial charge < -0.3 is 39.6 Å².